The third-order valence-corrected chi connectivity index (χ3v) is 3.91. The fraction of sp³-hybridized carbons (Fsp3) is 0.526. The van der Waals surface area contributed by atoms with Crippen molar-refractivity contribution < 1.29 is 4.57 Å². The molecule has 0 saturated carbocycles. The molecule has 0 aliphatic heterocycles. The molecule has 0 radical (unpaired) electrons. The summed E-state index contributed by atoms with van der Waals surface area (Å²) >= 11 is 0. The lowest BCUT2D eigenvalue weighted by Gasteiger charge is -2.07. The number of imidazole rings is 1. The van der Waals surface area contributed by atoms with Crippen LogP contribution in [0.25, 0.3) is 5.69 Å². The first kappa shape index (κ1) is 15.8. The fourth-order valence-electron chi connectivity index (χ4n) is 2.60. The van der Waals surface area contributed by atoms with Crippen molar-refractivity contribution in [2.45, 2.75) is 53.4 Å². The monoisotopic (exact) mass is 285 g/mol. The molecule has 1 aromatic carbocycles. The zero-order valence-electron chi connectivity index (χ0n) is 13.9. The molecule has 0 spiro atoms. The fourth-order valence-corrected chi connectivity index (χ4v) is 2.60. The van der Waals surface area contributed by atoms with Gasteiger partial charge in [-0.25, -0.2) is 4.98 Å². The van der Waals surface area contributed by atoms with Gasteiger partial charge in [0.2, 0.25) is 0 Å². The van der Waals surface area contributed by atoms with Crippen LogP contribution in [0.4, 0.5) is 0 Å². The summed E-state index contributed by atoms with van der Waals surface area (Å²) < 4.78 is 2.42. The number of hydrogen-bond acceptors (Lipinski definition) is 0. The first-order valence-corrected chi connectivity index (χ1v) is 8.24. The lowest BCUT2D eigenvalue weighted by atomic mass is 10.1. The number of hydrogen-bond donors (Lipinski definition) is 1. The van der Waals surface area contributed by atoms with Crippen LogP contribution in [-0.2, 0) is 12.8 Å². The first-order valence-electron chi connectivity index (χ1n) is 8.24. The molecule has 21 heavy (non-hydrogen) atoms. The summed E-state index contributed by atoms with van der Waals surface area (Å²) in [5.74, 6) is 2.80. The Morgan fingerprint density at radius 2 is 1.52 bits per heavy atom. The lowest BCUT2D eigenvalue weighted by molar-refractivity contribution is -0.611. The van der Waals surface area contributed by atoms with Gasteiger partial charge in [-0.05, 0) is 36.8 Å². The van der Waals surface area contributed by atoms with E-state index in [4.69, 9.17) is 0 Å². The van der Waals surface area contributed by atoms with Gasteiger partial charge in [0.25, 0.3) is 5.82 Å². The van der Waals surface area contributed by atoms with Gasteiger partial charge in [0.15, 0.2) is 0 Å². The maximum absolute atomic E-state index is 3.51. The molecule has 2 aromatic rings. The van der Waals surface area contributed by atoms with Crippen LogP contribution in [-0.4, -0.2) is 4.98 Å². The highest BCUT2D eigenvalue weighted by Crippen LogP contribution is 2.12. The second-order valence-corrected chi connectivity index (χ2v) is 6.76. The summed E-state index contributed by atoms with van der Waals surface area (Å²) in [5.41, 5.74) is 2.67. The van der Waals surface area contributed by atoms with Gasteiger partial charge in [0.05, 0.1) is 0 Å². The van der Waals surface area contributed by atoms with E-state index in [1.807, 2.05) is 0 Å². The van der Waals surface area contributed by atoms with Crippen LogP contribution < -0.4 is 4.57 Å². The van der Waals surface area contributed by atoms with Crippen LogP contribution in [0, 0.1) is 11.8 Å². The van der Waals surface area contributed by atoms with E-state index >= 15 is 0 Å². The summed E-state index contributed by atoms with van der Waals surface area (Å²) in [7, 11) is 0. The molecule has 2 rings (SSSR count). The Morgan fingerprint density at radius 3 is 2.14 bits per heavy atom. The number of nitrogens with zero attached hydrogens (tertiary/aromatic N) is 1. The molecular formula is C19H29N2+. The standard InChI is InChI=1S/C19H28N2/c1-15(2)10-12-18-14-20-19(13-11-16(3)4)21(18)17-8-6-5-7-9-17/h5-9,14-16H,10-13H2,1-4H3/p+1. The molecule has 1 heterocycles. The number of nitrogens with one attached hydrogen (secondary N) is 1. The molecule has 0 atom stereocenters. The topological polar surface area (TPSA) is 19.7 Å². The van der Waals surface area contributed by atoms with Crippen LogP contribution >= 0.6 is 0 Å². The number of H-pyrrole nitrogens is 1. The van der Waals surface area contributed by atoms with Crippen LogP contribution in [0.5, 0.6) is 0 Å². The zero-order valence-corrected chi connectivity index (χ0v) is 13.9. The molecular weight excluding hydrogens is 256 g/mol. The Morgan fingerprint density at radius 1 is 0.905 bits per heavy atom. The molecule has 0 fully saturated rings. The van der Waals surface area contributed by atoms with Gasteiger partial charge >= 0.3 is 0 Å². The van der Waals surface area contributed by atoms with Crippen LogP contribution in [0.3, 0.4) is 0 Å². The molecule has 2 heteroatoms. The van der Waals surface area contributed by atoms with Gasteiger partial charge in [-0.2, -0.15) is 4.57 Å². The van der Waals surface area contributed by atoms with E-state index in [1.165, 1.54) is 30.0 Å². The summed E-state index contributed by atoms with van der Waals surface area (Å²) in [6.45, 7) is 9.16. The second-order valence-electron chi connectivity index (χ2n) is 6.76. The van der Waals surface area contributed by atoms with E-state index in [2.05, 4.69) is 73.8 Å². The minimum atomic E-state index is 0.733. The van der Waals surface area contributed by atoms with E-state index in [1.54, 1.807) is 0 Å². The van der Waals surface area contributed by atoms with Gasteiger partial charge in [0.1, 0.15) is 17.6 Å². The predicted molar refractivity (Wildman–Crippen MR) is 88.6 cm³/mol. The number of rotatable bonds is 7. The van der Waals surface area contributed by atoms with Crippen LogP contribution in [0.2, 0.25) is 0 Å². The molecule has 1 aromatic heterocycles. The van der Waals surface area contributed by atoms with Crippen molar-refractivity contribution in [3.05, 3.63) is 48.0 Å². The van der Waals surface area contributed by atoms with E-state index in [0.717, 1.165) is 24.7 Å². The largest absolute Gasteiger partial charge is 0.259 e. The Kier molecular flexibility index (Phi) is 5.60. The maximum atomic E-state index is 3.51. The average molecular weight is 285 g/mol. The Bertz CT molecular complexity index is 508. The quantitative estimate of drug-likeness (QED) is 0.724. The highest BCUT2D eigenvalue weighted by atomic mass is 15.1. The van der Waals surface area contributed by atoms with Gasteiger partial charge in [-0.15, -0.1) is 0 Å². The van der Waals surface area contributed by atoms with E-state index in [9.17, 15) is 0 Å². The highest BCUT2D eigenvalue weighted by Gasteiger charge is 2.19. The van der Waals surface area contributed by atoms with Crippen LogP contribution in [0.1, 0.15) is 52.1 Å². The highest BCUT2D eigenvalue weighted by molar-refractivity contribution is 5.22. The minimum Gasteiger partial charge on any atom is -0.247 e. The van der Waals surface area contributed by atoms with Crippen molar-refractivity contribution in [2.24, 2.45) is 11.8 Å². The first-order chi connectivity index (χ1) is 10.1. The molecule has 0 amide bonds. The van der Waals surface area contributed by atoms with E-state index in [0.29, 0.717) is 0 Å². The van der Waals surface area contributed by atoms with E-state index in [-0.39, 0.29) is 0 Å². The normalized spacial score (nSPS) is 11.5. The number of benzene rings is 1. The van der Waals surface area contributed by atoms with Crippen molar-refractivity contribution in [2.75, 3.05) is 0 Å². The molecule has 0 bridgehead atoms. The summed E-state index contributed by atoms with van der Waals surface area (Å²) in [6.07, 6.45) is 6.88. The molecule has 0 aliphatic rings. The van der Waals surface area contributed by atoms with Crippen molar-refractivity contribution >= 4 is 0 Å². The van der Waals surface area contributed by atoms with Gasteiger partial charge in [0, 0.05) is 12.8 Å². The molecule has 1 N–H and O–H groups in total. The van der Waals surface area contributed by atoms with Crippen molar-refractivity contribution in [1.82, 2.24) is 4.98 Å². The predicted octanol–water partition coefficient (Wildman–Crippen LogP) is 4.47. The lowest BCUT2D eigenvalue weighted by Crippen LogP contribution is -2.38. The minimum absolute atomic E-state index is 0.733. The molecule has 0 aliphatic carbocycles. The van der Waals surface area contributed by atoms with Gasteiger partial charge in [-0.3, -0.25) is 0 Å². The molecule has 114 valence electrons. The summed E-state index contributed by atoms with van der Waals surface area (Å²) in [5, 5.41) is 0. The number of para-hydroxylation sites is 1. The number of aromatic amines is 1. The molecule has 0 unspecified atom stereocenters. The average Bonchev–Trinajstić information content (AvgIpc) is 2.86. The van der Waals surface area contributed by atoms with Crippen molar-refractivity contribution in [3.8, 4) is 5.69 Å². The Balaban J connectivity index is 2.29. The molecule has 0 saturated heterocycles. The molecule has 2 nitrogen and oxygen atoms in total. The van der Waals surface area contributed by atoms with Crippen molar-refractivity contribution in [1.29, 1.82) is 0 Å². The number of aromatic nitrogens is 2. The van der Waals surface area contributed by atoms with Gasteiger partial charge < -0.3 is 0 Å². The zero-order chi connectivity index (χ0) is 15.2. The third kappa shape index (κ3) is 4.45. The summed E-state index contributed by atoms with van der Waals surface area (Å²) in [6, 6.07) is 10.7. The second kappa shape index (κ2) is 7.44. The van der Waals surface area contributed by atoms with Crippen LogP contribution in [0.15, 0.2) is 36.5 Å². The SMILES string of the molecule is CC(C)CCc1c[nH]c(CCC(C)C)[n+]1-c1ccccc1. The van der Waals surface area contributed by atoms with Crippen molar-refractivity contribution in [3.63, 3.8) is 0 Å². The smallest absolute Gasteiger partial charge is 0.247 e. The maximum Gasteiger partial charge on any atom is 0.259 e. The number of aryl methyl sites for hydroxylation is 2. The Labute approximate surface area is 129 Å². The summed E-state index contributed by atoms with van der Waals surface area (Å²) in [4.78, 5) is 3.51. The van der Waals surface area contributed by atoms with E-state index < -0.39 is 0 Å². The Hall–Kier alpha value is -1.57. The van der Waals surface area contributed by atoms with Gasteiger partial charge in [-0.1, -0.05) is 45.9 Å². The third-order valence-electron chi connectivity index (χ3n) is 3.91.